The Labute approximate surface area is 87.8 Å². The van der Waals surface area contributed by atoms with Gasteiger partial charge in [0, 0.05) is 7.11 Å². The lowest BCUT2D eigenvalue weighted by Gasteiger charge is -2.08. The maximum Gasteiger partial charge on any atom is 0.343 e. The van der Waals surface area contributed by atoms with Gasteiger partial charge in [0.1, 0.15) is 6.61 Å². The van der Waals surface area contributed by atoms with Crippen molar-refractivity contribution in [3.8, 4) is 0 Å². The summed E-state index contributed by atoms with van der Waals surface area (Å²) < 4.78 is 9.48. The predicted octanol–water partition coefficient (Wildman–Crippen LogP) is 0.944. The van der Waals surface area contributed by atoms with Gasteiger partial charge in [-0.05, 0) is 5.56 Å². The van der Waals surface area contributed by atoms with Gasteiger partial charge in [-0.25, -0.2) is 4.79 Å². The van der Waals surface area contributed by atoms with Crippen molar-refractivity contribution in [3.05, 3.63) is 35.9 Å². The Hall–Kier alpha value is -1.68. The zero-order chi connectivity index (χ0) is 11.1. The summed E-state index contributed by atoms with van der Waals surface area (Å²) in [6.07, 6.45) is -0.721. The molecule has 1 atom stereocenters. The Kier molecular flexibility index (Phi) is 4.50. The number of esters is 1. The molecule has 0 bridgehead atoms. The van der Waals surface area contributed by atoms with Gasteiger partial charge in [-0.15, -0.1) is 0 Å². The second kappa shape index (κ2) is 5.93. The fourth-order valence-corrected chi connectivity index (χ4v) is 1.02. The van der Waals surface area contributed by atoms with Crippen molar-refractivity contribution in [3.63, 3.8) is 0 Å². The Morgan fingerprint density at radius 2 is 2.07 bits per heavy atom. The monoisotopic (exact) mass is 208 g/mol. The summed E-state index contributed by atoms with van der Waals surface area (Å²) in [5.41, 5.74) is 0.867. The topological polar surface area (TPSA) is 52.6 Å². The number of benzene rings is 1. The number of methoxy groups -OCH3 is 1. The van der Waals surface area contributed by atoms with Crippen molar-refractivity contribution in [1.82, 2.24) is 0 Å². The van der Waals surface area contributed by atoms with Crippen LogP contribution in [-0.4, -0.2) is 25.5 Å². The van der Waals surface area contributed by atoms with Crippen molar-refractivity contribution in [2.75, 3.05) is 7.11 Å². The second-order valence-corrected chi connectivity index (χ2v) is 2.89. The molecule has 0 heterocycles. The molecule has 4 heteroatoms. The van der Waals surface area contributed by atoms with E-state index in [1.807, 2.05) is 30.3 Å². The van der Waals surface area contributed by atoms with E-state index in [1.54, 1.807) is 0 Å². The quantitative estimate of drug-likeness (QED) is 0.410. The SMILES string of the molecule is COC(C=O)C(=O)OCc1ccccc1. The number of carbonyl (C=O) groups excluding carboxylic acids is 2. The van der Waals surface area contributed by atoms with E-state index in [4.69, 9.17) is 4.74 Å². The van der Waals surface area contributed by atoms with Gasteiger partial charge in [0.2, 0.25) is 6.10 Å². The normalized spacial score (nSPS) is 11.8. The highest BCUT2D eigenvalue weighted by Gasteiger charge is 2.17. The van der Waals surface area contributed by atoms with Crippen LogP contribution in [0, 0.1) is 0 Å². The first-order chi connectivity index (χ1) is 7.27. The van der Waals surface area contributed by atoms with E-state index in [9.17, 15) is 9.59 Å². The molecule has 0 aromatic heterocycles. The molecule has 0 radical (unpaired) electrons. The van der Waals surface area contributed by atoms with Gasteiger partial charge < -0.3 is 9.47 Å². The first-order valence-corrected chi connectivity index (χ1v) is 4.46. The van der Waals surface area contributed by atoms with Crippen molar-refractivity contribution >= 4 is 12.3 Å². The lowest BCUT2D eigenvalue weighted by atomic mass is 10.2. The Balaban J connectivity index is 2.44. The van der Waals surface area contributed by atoms with E-state index in [-0.39, 0.29) is 6.61 Å². The van der Waals surface area contributed by atoms with Gasteiger partial charge >= 0.3 is 5.97 Å². The minimum Gasteiger partial charge on any atom is -0.459 e. The van der Waals surface area contributed by atoms with Gasteiger partial charge in [-0.3, -0.25) is 4.79 Å². The molecule has 15 heavy (non-hydrogen) atoms. The first-order valence-electron chi connectivity index (χ1n) is 4.46. The van der Waals surface area contributed by atoms with E-state index in [1.165, 1.54) is 7.11 Å². The molecule has 0 amide bonds. The van der Waals surface area contributed by atoms with Crippen molar-refractivity contribution in [1.29, 1.82) is 0 Å². The number of ether oxygens (including phenoxy) is 2. The van der Waals surface area contributed by atoms with Gasteiger partial charge in [-0.2, -0.15) is 0 Å². The van der Waals surface area contributed by atoms with Crippen molar-refractivity contribution in [2.45, 2.75) is 12.7 Å². The average Bonchev–Trinajstić information content (AvgIpc) is 2.29. The van der Waals surface area contributed by atoms with E-state index in [0.29, 0.717) is 6.29 Å². The zero-order valence-electron chi connectivity index (χ0n) is 8.38. The largest absolute Gasteiger partial charge is 0.459 e. The van der Waals surface area contributed by atoms with Gasteiger partial charge in [0.05, 0.1) is 0 Å². The number of hydrogen-bond donors (Lipinski definition) is 0. The summed E-state index contributed by atoms with van der Waals surface area (Å²) in [6.45, 7) is 0.146. The molecule has 1 unspecified atom stereocenters. The lowest BCUT2D eigenvalue weighted by Crippen LogP contribution is -2.26. The molecular formula is C11H12O4. The van der Waals surface area contributed by atoms with Crippen LogP contribution < -0.4 is 0 Å². The average molecular weight is 208 g/mol. The maximum absolute atomic E-state index is 11.2. The second-order valence-electron chi connectivity index (χ2n) is 2.89. The first kappa shape index (κ1) is 11.4. The molecule has 0 saturated carbocycles. The van der Waals surface area contributed by atoms with Gasteiger partial charge in [0.15, 0.2) is 6.29 Å². The highest BCUT2D eigenvalue weighted by atomic mass is 16.6. The van der Waals surface area contributed by atoms with Gasteiger partial charge in [0.25, 0.3) is 0 Å². The molecule has 0 aliphatic rings. The van der Waals surface area contributed by atoms with E-state index in [0.717, 1.165) is 5.56 Å². The van der Waals surface area contributed by atoms with Crippen LogP contribution in [0.15, 0.2) is 30.3 Å². The summed E-state index contributed by atoms with van der Waals surface area (Å²) in [6, 6.07) is 9.22. The zero-order valence-corrected chi connectivity index (χ0v) is 8.38. The molecule has 0 saturated heterocycles. The van der Waals surface area contributed by atoms with Crippen LogP contribution in [-0.2, 0) is 25.7 Å². The van der Waals surface area contributed by atoms with Crippen LogP contribution >= 0.6 is 0 Å². The highest BCUT2D eigenvalue weighted by Crippen LogP contribution is 2.02. The molecule has 4 nitrogen and oxygen atoms in total. The smallest absolute Gasteiger partial charge is 0.343 e. The third kappa shape index (κ3) is 3.52. The fraction of sp³-hybridized carbons (Fsp3) is 0.273. The molecular weight excluding hydrogens is 196 g/mol. The Morgan fingerprint density at radius 1 is 1.40 bits per heavy atom. The summed E-state index contributed by atoms with van der Waals surface area (Å²) in [5.74, 6) is -0.670. The van der Waals surface area contributed by atoms with Crippen molar-refractivity contribution < 1.29 is 19.1 Å². The molecule has 1 rings (SSSR count). The summed E-state index contributed by atoms with van der Waals surface area (Å²) in [5, 5.41) is 0. The van der Waals surface area contributed by atoms with Crippen LogP contribution in [0.3, 0.4) is 0 Å². The molecule has 80 valence electrons. The highest BCUT2D eigenvalue weighted by molar-refractivity contribution is 5.90. The molecule has 0 N–H and O–H groups in total. The maximum atomic E-state index is 11.2. The summed E-state index contributed by atoms with van der Waals surface area (Å²) >= 11 is 0. The summed E-state index contributed by atoms with van der Waals surface area (Å²) in [4.78, 5) is 21.6. The van der Waals surface area contributed by atoms with E-state index in [2.05, 4.69) is 4.74 Å². The van der Waals surface area contributed by atoms with E-state index < -0.39 is 12.1 Å². The number of aldehydes is 1. The Bertz CT molecular complexity index is 321. The van der Waals surface area contributed by atoms with Crippen LogP contribution in [0.25, 0.3) is 0 Å². The lowest BCUT2D eigenvalue weighted by molar-refractivity contribution is -0.157. The number of hydrogen-bond acceptors (Lipinski definition) is 4. The van der Waals surface area contributed by atoms with Crippen LogP contribution in [0.4, 0.5) is 0 Å². The van der Waals surface area contributed by atoms with Crippen LogP contribution in [0.5, 0.6) is 0 Å². The van der Waals surface area contributed by atoms with Gasteiger partial charge in [-0.1, -0.05) is 30.3 Å². The molecule has 0 spiro atoms. The third-order valence-electron chi connectivity index (χ3n) is 1.83. The molecule has 0 aliphatic carbocycles. The molecule has 1 aromatic carbocycles. The molecule has 0 fully saturated rings. The minimum atomic E-state index is -1.13. The van der Waals surface area contributed by atoms with Crippen LogP contribution in [0.1, 0.15) is 5.56 Å². The van der Waals surface area contributed by atoms with E-state index >= 15 is 0 Å². The molecule has 0 aliphatic heterocycles. The molecule has 1 aromatic rings. The minimum absolute atomic E-state index is 0.146. The van der Waals surface area contributed by atoms with Crippen molar-refractivity contribution in [2.24, 2.45) is 0 Å². The summed E-state index contributed by atoms with van der Waals surface area (Å²) in [7, 11) is 1.28. The fourth-order valence-electron chi connectivity index (χ4n) is 1.02. The van der Waals surface area contributed by atoms with Crippen LogP contribution in [0.2, 0.25) is 0 Å². The predicted molar refractivity (Wildman–Crippen MR) is 53.1 cm³/mol. The number of carbonyl (C=O) groups is 2. The Morgan fingerprint density at radius 3 is 2.60 bits per heavy atom. The third-order valence-corrected chi connectivity index (χ3v) is 1.83. The number of rotatable bonds is 5. The standard InChI is InChI=1S/C11H12O4/c1-14-10(7-12)11(13)15-8-9-5-3-2-4-6-9/h2-7,10H,8H2,1H3.